The third-order valence-corrected chi connectivity index (χ3v) is 2.75. The van der Waals surface area contributed by atoms with Crippen LogP contribution in [-0.4, -0.2) is 19.1 Å². The molecule has 0 bridgehead atoms. The van der Waals surface area contributed by atoms with Crippen LogP contribution in [0.15, 0.2) is 18.2 Å². The second-order valence-corrected chi connectivity index (χ2v) is 4.18. The largest absolute Gasteiger partial charge is 0.467 e. The fourth-order valence-corrected chi connectivity index (χ4v) is 1.71. The Balaban J connectivity index is 2.76. The molecule has 1 atom stereocenters. The predicted octanol–water partition coefficient (Wildman–Crippen LogP) is 2.40. The summed E-state index contributed by atoms with van der Waals surface area (Å²) in [4.78, 5) is 11.1. The summed E-state index contributed by atoms with van der Waals surface area (Å²) in [6, 6.07) is 3.88. The lowest BCUT2D eigenvalue weighted by Crippen LogP contribution is -2.27. The van der Waals surface area contributed by atoms with Gasteiger partial charge in [-0.3, -0.25) is 0 Å². The Morgan fingerprint density at radius 2 is 2.27 bits per heavy atom. The quantitative estimate of drug-likeness (QED) is 0.686. The monoisotopic (exact) mass is 323 g/mol. The van der Waals surface area contributed by atoms with Crippen LogP contribution < -0.4 is 5.32 Å². The molecule has 0 amide bonds. The molecule has 15 heavy (non-hydrogen) atoms. The normalized spacial score (nSPS) is 12.0. The molecular weight excluding hydrogens is 312 g/mol. The van der Waals surface area contributed by atoms with E-state index in [1.807, 2.05) is 22.6 Å². The molecule has 0 aliphatic heterocycles. The molecule has 1 unspecified atom stereocenters. The fraction of sp³-hybridized carbons (Fsp3) is 0.300. The molecule has 0 saturated heterocycles. The summed E-state index contributed by atoms with van der Waals surface area (Å²) in [5.41, 5.74) is 0.718. The summed E-state index contributed by atoms with van der Waals surface area (Å²) in [6.45, 7) is 1.69. The van der Waals surface area contributed by atoms with Crippen molar-refractivity contribution >= 4 is 34.2 Å². The molecule has 1 N–H and O–H groups in total. The molecule has 1 aromatic carbocycles. The minimum Gasteiger partial charge on any atom is -0.467 e. The highest BCUT2D eigenvalue weighted by Crippen LogP contribution is 2.19. The summed E-state index contributed by atoms with van der Waals surface area (Å²) < 4.78 is 18.1. The summed E-state index contributed by atoms with van der Waals surface area (Å²) >= 11 is 2.00. The molecular formula is C10H11FINO2. The van der Waals surface area contributed by atoms with Gasteiger partial charge in [-0.25, -0.2) is 9.18 Å². The molecule has 1 rings (SSSR count). The maximum atomic E-state index is 12.8. The summed E-state index contributed by atoms with van der Waals surface area (Å²) in [5, 5.41) is 2.94. The number of ether oxygens (including phenoxy) is 1. The minimum absolute atomic E-state index is 0.296. The lowest BCUT2D eigenvalue weighted by Gasteiger charge is -2.14. The number of carbonyl (C=O) groups excluding carboxylic acids is 1. The van der Waals surface area contributed by atoms with E-state index in [1.165, 1.54) is 19.2 Å². The van der Waals surface area contributed by atoms with E-state index in [0.29, 0.717) is 0 Å². The summed E-state index contributed by atoms with van der Waals surface area (Å²) in [7, 11) is 1.33. The first kappa shape index (κ1) is 12.2. The van der Waals surface area contributed by atoms with Gasteiger partial charge < -0.3 is 10.1 Å². The molecule has 82 valence electrons. The Hall–Kier alpha value is -0.850. The topological polar surface area (TPSA) is 38.3 Å². The fourth-order valence-electron chi connectivity index (χ4n) is 1.08. The molecule has 0 aliphatic rings. The molecule has 1 aromatic rings. The van der Waals surface area contributed by atoms with Gasteiger partial charge in [0.05, 0.1) is 7.11 Å². The number of carbonyl (C=O) groups is 1. The first-order valence-corrected chi connectivity index (χ1v) is 5.42. The van der Waals surface area contributed by atoms with Crippen LogP contribution in [-0.2, 0) is 9.53 Å². The van der Waals surface area contributed by atoms with Crippen molar-refractivity contribution in [2.45, 2.75) is 13.0 Å². The maximum Gasteiger partial charge on any atom is 0.327 e. The van der Waals surface area contributed by atoms with Crippen LogP contribution >= 0.6 is 22.6 Å². The number of hydrogen-bond donors (Lipinski definition) is 1. The van der Waals surface area contributed by atoms with E-state index in [2.05, 4.69) is 10.1 Å². The molecule has 3 nitrogen and oxygen atoms in total. The van der Waals surface area contributed by atoms with Gasteiger partial charge in [0.1, 0.15) is 11.9 Å². The molecule has 0 heterocycles. The zero-order valence-electron chi connectivity index (χ0n) is 8.38. The molecule has 0 fully saturated rings. The Morgan fingerprint density at radius 1 is 1.60 bits per heavy atom. The second kappa shape index (κ2) is 5.29. The van der Waals surface area contributed by atoms with E-state index in [1.54, 1.807) is 13.0 Å². The van der Waals surface area contributed by atoms with Gasteiger partial charge in [-0.05, 0) is 47.7 Å². The van der Waals surface area contributed by atoms with E-state index in [0.717, 1.165) is 9.26 Å². The third kappa shape index (κ3) is 3.33. The van der Waals surface area contributed by atoms with Crippen LogP contribution in [0.1, 0.15) is 6.92 Å². The van der Waals surface area contributed by atoms with Crippen molar-refractivity contribution in [1.29, 1.82) is 0 Å². The van der Waals surface area contributed by atoms with Crippen molar-refractivity contribution in [2.24, 2.45) is 0 Å². The Bertz CT molecular complexity index is 370. The van der Waals surface area contributed by atoms with E-state index in [-0.39, 0.29) is 11.8 Å². The van der Waals surface area contributed by atoms with Crippen molar-refractivity contribution in [2.75, 3.05) is 12.4 Å². The van der Waals surface area contributed by atoms with Crippen molar-refractivity contribution < 1.29 is 13.9 Å². The van der Waals surface area contributed by atoms with E-state index < -0.39 is 6.04 Å². The second-order valence-electron chi connectivity index (χ2n) is 3.01. The third-order valence-electron chi connectivity index (χ3n) is 1.86. The molecule has 0 aromatic heterocycles. The highest BCUT2D eigenvalue weighted by molar-refractivity contribution is 14.1. The average molecular weight is 323 g/mol. The van der Waals surface area contributed by atoms with Crippen molar-refractivity contribution in [3.05, 3.63) is 27.6 Å². The first-order valence-electron chi connectivity index (χ1n) is 4.34. The lowest BCUT2D eigenvalue weighted by atomic mass is 10.2. The van der Waals surface area contributed by atoms with E-state index >= 15 is 0 Å². The van der Waals surface area contributed by atoms with Gasteiger partial charge in [0.2, 0.25) is 0 Å². The molecule has 5 heteroatoms. The van der Waals surface area contributed by atoms with Crippen LogP contribution in [0.3, 0.4) is 0 Å². The van der Waals surface area contributed by atoms with Crippen molar-refractivity contribution in [1.82, 2.24) is 0 Å². The maximum absolute atomic E-state index is 12.8. The number of methoxy groups -OCH3 is 1. The number of rotatable bonds is 3. The van der Waals surface area contributed by atoms with Gasteiger partial charge in [-0.15, -0.1) is 0 Å². The van der Waals surface area contributed by atoms with Gasteiger partial charge in [0.25, 0.3) is 0 Å². The van der Waals surface area contributed by atoms with Gasteiger partial charge in [-0.1, -0.05) is 0 Å². The van der Waals surface area contributed by atoms with Gasteiger partial charge in [0.15, 0.2) is 0 Å². The van der Waals surface area contributed by atoms with Crippen LogP contribution in [0.2, 0.25) is 0 Å². The van der Waals surface area contributed by atoms with Gasteiger partial charge in [-0.2, -0.15) is 0 Å². The molecule has 0 saturated carbocycles. The Kier molecular flexibility index (Phi) is 4.31. The van der Waals surface area contributed by atoms with Gasteiger partial charge in [0, 0.05) is 9.26 Å². The van der Waals surface area contributed by atoms with Crippen molar-refractivity contribution in [3.63, 3.8) is 0 Å². The molecule has 0 radical (unpaired) electrons. The van der Waals surface area contributed by atoms with E-state index in [4.69, 9.17) is 0 Å². The highest BCUT2D eigenvalue weighted by Gasteiger charge is 2.13. The highest BCUT2D eigenvalue weighted by atomic mass is 127. The molecule has 0 aliphatic carbocycles. The lowest BCUT2D eigenvalue weighted by molar-refractivity contribution is -0.141. The SMILES string of the molecule is COC(=O)C(C)Nc1ccc(F)cc1I. The number of anilines is 1. The van der Waals surface area contributed by atoms with Gasteiger partial charge >= 0.3 is 5.97 Å². The average Bonchev–Trinajstić information content (AvgIpc) is 2.20. The number of nitrogens with one attached hydrogen (secondary N) is 1. The number of esters is 1. The predicted molar refractivity (Wildman–Crippen MR) is 64.2 cm³/mol. The summed E-state index contributed by atoms with van der Waals surface area (Å²) in [6.07, 6.45) is 0. The Labute approximate surface area is 101 Å². The number of hydrogen-bond acceptors (Lipinski definition) is 3. The smallest absolute Gasteiger partial charge is 0.327 e. The number of halogens is 2. The van der Waals surface area contributed by atoms with Crippen LogP contribution in [0.5, 0.6) is 0 Å². The van der Waals surface area contributed by atoms with Crippen molar-refractivity contribution in [3.8, 4) is 0 Å². The zero-order valence-corrected chi connectivity index (χ0v) is 10.5. The van der Waals surface area contributed by atoms with E-state index in [9.17, 15) is 9.18 Å². The first-order chi connectivity index (χ1) is 7.04. The zero-order chi connectivity index (χ0) is 11.4. The van der Waals surface area contributed by atoms with Crippen LogP contribution in [0, 0.1) is 9.39 Å². The van der Waals surface area contributed by atoms with Crippen LogP contribution in [0.25, 0.3) is 0 Å². The number of benzene rings is 1. The van der Waals surface area contributed by atoms with Crippen LogP contribution in [0.4, 0.5) is 10.1 Å². The Morgan fingerprint density at radius 3 is 2.80 bits per heavy atom. The summed E-state index contributed by atoms with van der Waals surface area (Å²) in [5.74, 6) is -0.647. The minimum atomic E-state index is -0.450. The standard InChI is InChI=1S/C10H11FINO2/c1-6(10(14)15-2)13-9-4-3-7(11)5-8(9)12/h3-6,13H,1-2H3. The molecule has 0 spiro atoms.